The largest absolute Gasteiger partial charge is 0.501 e. The number of carbonyl (C=O) groups excluding carboxylic acids is 3. The molecule has 11 nitrogen and oxygen atoms in total. The summed E-state index contributed by atoms with van der Waals surface area (Å²) in [6.45, 7) is 0. The normalized spacial score (nSPS) is 25.4. The van der Waals surface area contributed by atoms with Gasteiger partial charge in [0, 0.05) is 17.8 Å². The first-order chi connectivity index (χ1) is 22.3. The fraction of sp³-hybridized carbons (Fsp3) is 0.500. The fourth-order valence-electron chi connectivity index (χ4n) is 7.06. The first-order valence-corrected chi connectivity index (χ1v) is 16.7. The zero-order valence-electron chi connectivity index (χ0n) is 25.6. The van der Waals surface area contributed by atoms with Crippen molar-refractivity contribution in [3.05, 3.63) is 47.5 Å². The predicted molar refractivity (Wildman–Crippen MR) is 160 cm³/mol. The SMILES string of the molecule is COc1cc(C#N)c(O[C@H]2CC[C@@H](C(=O)OC)CC2)cc1C(=O)N[C@@H]1[C@H]2CC[C@H](C2)[C@@H]1C(=O)Nc1cccc(S(=O)(=O)C(F)(F)F)c1. The van der Waals surface area contributed by atoms with E-state index in [1.165, 1.54) is 32.4 Å². The molecule has 3 aliphatic carbocycles. The number of esters is 1. The van der Waals surface area contributed by atoms with E-state index in [2.05, 4.69) is 16.7 Å². The molecule has 15 heteroatoms. The molecule has 3 aliphatic rings. The van der Waals surface area contributed by atoms with Crippen molar-refractivity contribution in [2.45, 2.75) is 67.5 Å². The van der Waals surface area contributed by atoms with Crippen LogP contribution in [0.5, 0.6) is 11.5 Å². The first-order valence-electron chi connectivity index (χ1n) is 15.2. The number of hydrogen-bond acceptors (Lipinski definition) is 9. The number of halogens is 3. The zero-order chi connectivity index (χ0) is 34.1. The molecule has 252 valence electrons. The van der Waals surface area contributed by atoms with Crippen LogP contribution in [0.25, 0.3) is 0 Å². The number of carbonyl (C=O) groups is 3. The molecule has 0 heterocycles. The quantitative estimate of drug-likeness (QED) is 0.357. The predicted octanol–water partition coefficient (Wildman–Crippen LogP) is 4.75. The van der Waals surface area contributed by atoms with Crippen LogP contribution in [0.3, 0.4) is 0 Å². The zero-order valence-corrected chi connectivity index (χ0v) is 26.4. The number of anilines is 1. The maximum Gasteiger partial charge on any atom is 0.501 e. The number of ether oxygens (including phenoxy) is 3. The van der Waals surface area contributed by atoms with Crippen molar-refractivity contribution >= 4 is 33.3 Å². The summed E-state index contributed by atoms with van der Waals surface area (Å²) in [5.41, 5.74) is -5.39. The topological polar surface area (TPSA) is 161 Å². The number of rotatable bonds is 9. The minimum absolute atomic E-state index is 0.0401. The lowest BCUT2D eigenvalue weighted by Crippen LogP contribution is -2.48. The highest BCUT2D eigenvalue weighted by Gasteiger charge is 2.52. The average molecular weight is 678 g/mol. The highest BCUT2D eigenvalue weighted by molar-refractivity contribution is 7.92. The van der Waals surface area contributed by atoms with Crippen LogP contribution >= 0.6 is 0 Å². The van der Waals surface area contributed by atoms with Crippen molar-refractivity contribution in [3.63, 3.8) is 0 Å². The van der Waals surface area contributed by atoms with E-state index in [0.29, 0.717) is 38.5 Å². The maximum atomic E-state index is 13.7. The Morgan fingerprint density at radius 2 is 1.66 bits per heavy atom. The van der Waals surface area contributed by atoms with E-state index in [9.17, 15) is 41.2 Å². The summed E-state index contributed by atoms with van der Waals surface area (Å²) >= 11 is 0. The molecule has 0 aliphatic heterocycles. The maximum absolute atomic E-state index is 13.7. The number of methoxy groups -OCH3 is 2. The van der Waals surface area contributed by atoms with Gasteiger partial charge in [0.15, 0.2) is 0 Å². The number of nitrogens with one attached hydrogen (secondary N) is 2. The molecular weight excluding hydrogens is 643 g/mol. The molecule has 2 aromatic rings. The second-order valence-electron chi connectivity index (χ2n) is 12.1. The molecule has 4 atom stereocenters. The second-order valence-corrected chi connectivity index (χ2v) is 14.0. The van der Waals surface area contributed by atoms with Gasteiger partial charge in [0.2, 0.25) is 5.91 Å². The molecule has 2 N–H and O–H groups in total. The van der Waals surface area contributed by atoms with E-state index in [1.807, 2.05) is 0 Å². The monoisotopic (exact) mass is 677 g/mol. The van der Waals surface area contributed by atoms with Gasteiger partial charge in [-0.3, -0.25) is 14.4 Å². The van der Waals surface area contributed by atoms with E-state index in [0.717, 1.165) is 24.6 Å². The summed E-state index contributed by atoms with van der Waals surface area (Å²) in [4.78, 5) is 38.2. The van der Waals surface area contributed by atoms with Crippen molar-refractivity contribution < 1.29 is 50.2 Å². The summed E-state index contributed by atoms with van der Waals surface area (Å²) in [5, 5.41) is 15.3. The number of amides is 2. The molecule has 0 unspecified atom stereocenters. The molecule has 2 aromatic carbocycles. The average Bonchev–Trinajstić information content (AvgIpc) is 3.66. The molecule has 0 spiro atoms. The second kappa shape index (κ2) is 13.4. The molecule has 3 saturated carbocycles. The Morgan fingerprint density at radius 1 is 0.957 bits per heavy atom. The van der Waals surface area contributed by atoms with Crippen molar-refractivity contribution in [1.82, 2.24) is 5.32 Å². The van der Waals surface area contributed by atoms with Gasteiger partial charge >= 0.3 is 11.5 Å². The molecular formula is C32H34F3N3O8S. The molecule has 0 saturated heterocycles. The Labute approximate surface area is 269 Å². The van der Waals surface area contributed by atoms with Crippen LogP contribution in [0.1, 0.15) is 60.9 Å². The van der Waals surface area contributed by atoms with Crippen LogP contribution in [0.4, 0.5) is 18.9 Å². The van der Waals surface area contributed by atoms with Crippen LogP contribution in [-0.2, 0) is 24.2 Å². The van der Waals surface area contributed by atoms with Crippen LogP contribution < -0.4 is 20.1 Å². The fourth-order valence-corrected chi connectivity index (χ4v) is 7.87. The Hall–Kier alpha value is -4.32. The standard InChI is InChI=1S/C32H34F3N3O8S/c1-44-26-13-20(16-36)25(46-22-10-8-17(9-11-22)31(41)45-2)15-24(26)29(39)38-28-19-7-6-18(12-19)27(28)30(40)37-21-4-3-5-23(14-21)47(42,43)32(33,34)35/h3-5,13-15,17-19,22,27-28H,6-12H2,1-2H3,(H,37,40)(H,38,39)/t17-,18-,19+,22+,27+,28-/m1/s1. The number of hydrogen-bond donors (Lipinski definition) is 2. The number of nitriles is 1. The van der Waals surface area contributed by atoms with E-state index >= 15 is 0 Å². The van der Waals surface area contributed by atoms with Gasteiger partial charge in [0.1, 0.15) is 17.6 Å². The third-order valence-electron chi connectivity index (χ3n) is 9.40. The van der Waals surface area contributed by atoms with Gasteiger partial charge in [-0.2, -0.15) is 18.4 Å². The molecule has 5 rings (SSSR count). The minimum Gasteiger partial charge on any atom is -0.496 e. The van der Waals surface area contributed by atoms with Crippen molar-refractivity contribution in [1.29, 1.82) is 5.26 Å². The number of fused-ring (bicyclic) bond motifs is 2. The summed E-state index contributed by atoms with van der Waals surface area (Å²) in [5.74, 6) is -2.21. The van der Waals surface area contributed by atoms with E-state index < -0.39 is 44.0 Å². The molecule has 47 heavy (non-hydrogen) atoms. The van der Waals surface area contributed by atoms with Crippen molar-refractivity contribution in [3.8, 4) is 17.6 Å². The van der Waals surface area contributed by atoms with Gasteiger partial charge in [-0.1, -0.05) is 6.07 Å². The van der Waals surface area contributed by atoms with Crippen LogP contribution in [0.15, 0.2) is 41.3 Å². The Balaban J connectivity index is 1.33. The van der Waals surface area contributed by atoms with Gasteiger partial charge < -0.3 is 24.8 Å². The molecule has 0 radical (unpaired) electrons. The lowest BCUT2D eigenvalue weighted by atomic mass is 9.83. The Kier molecular flexibility index (Phi) is 9.72. The number of alkyl halides is 3. The molecule has 3 fully saturated rings. The van der Waals surface area contributed by atoms with Crippen LogP contribution in [0, 0.1) is 35.0 Å². The summed E-state index contributed by atoms with van der Waals surface area (Å²) in [7, 11) is -2.93. The summed E-state index contributed by atoms with van der Waals surface area (Å²) < 4.78 is 79.5. The van der Waals surface area contributed by atoms with Gasteiger partial charge in [-0.25, -0.2) is 8.42 Å². The van der Waals surface area contributed by atoms with E-state index in [4.69, 9.17) is 14.2 Å². The third kappa shape index (κ3) is 6.88. The van der Waals surface area contributed by atoms with Crippen molar-refractivity contribution in [2.24, 2.45) is 23.7 Å². The Morgan fingerprint density at radius 3 is 2.30 bits per heavy atom. The molecule has 2 bridgehead atoms. The lowest BCUT2D eigenvalue weighted by molar-refractivity contribution is -0.147. The molecule has 0 aromatic heterocycles. The van der Waals surface area contributed by atoms with Crippen LogP contribution in [0.2, 0.25) is 0 Å². The van der Waals surface area contributed by atoms with Gasteiger partial charge in [0.05, 0.1) is 48.2 Å². The number of benzene rings is 2. The third-order valence-corrected chi connectivity index (χ3v) is 10.9. The number of sulfone groups is 1. The lowest BCUT2D eigenvalue weighted by Gasteiger charge is -2.31. The summed E-state index contributed by atoms with van der Waals surface area (Å²) in [6, 6.07) is 8.22. The Bertz CT molecular complexity index is 1700. The first kappa shape index (κ1) is 34.0. The minimum atomic E-state index is -5.62. The smallest absolute Gasteiger partial charge is 0.496 e. The summed E-state index contributed by atoms with van der Waals surface area (Å²) in [6.07, 6.45) is 4.03. The highest BCUT2D eigenvalue weighted by atomic mass is 32.2. The van der Waals surface area contributed by atoms with Gasteiger partial charge in [-0.15, -0.1) is 0 Å². The van der Waals surface area contributed by atoms with Crippen molar-refractivity contribution in [2.75, 3.05) is 19.5 Å². The van der Waals surface area contributed by atoms with Gasteiger partial charge in [0.25, 0.3) is 15.7 Å². The van der Waals surface area contributed by atoms with Gasteiger partial charge in [-0.05, 0) is 81.0 Å². The van der Waals surface area contributed by atoms with E-state index in [1.54, 1.807) is 0 Å². The van der Waals surface area contributed by atoms with Crippen LogP contribution in [-0.4, -0.2) is 58.1 Å². The van der Waals surface area contributed by atoms with E-state index in [-0.39, 0.29) is 58.1 Å². The highest BCUT2D eigenvalue weighted by Crippen LogP contribution is 2.49. The number of nitrogens with zero attached hydrogens (tertiary/aromatic N) is 1. The molecule has 2 amide bonds.